The smallest absolute Gasteiger partial charge is 0.306 e. The zero-order valence-corrected chi connectivity index (χ0v) is 47.2. The summed E-state index contributed by atoms with van der Waals surface area (Å²) in [6, 6.07) is -0.950. The van der Waals surface area contributed by atoms with Crippen LogP contribution in [0.15, 0.2) is 134 Å². The van der Waals surface area contributed by atoms with Crippen molar-refractivity contribution in [3.63, 3.8) is 0 Å². The van der Waals surface area contributed by atoms with Gasteiger partial charge in [-0.3, -0.25) is 14.2 Å². The maximum atomic E-state index is 13.5. The van der Waals surface area contributed by atoms with E-state index < -0.39 is 32.5 Å². The van der Waals surface area contributed by atoms with Crippen molar-refractivity contribution >= 4 is 19.7 Å². The Kier molecular flexibility index (Phi) is 48.0. The fraction of sp³-hybridized carbons (Fsp3) is 0.613. The van der Waals surface area contributed by atoms with E-state index in [1.54, 1.807) is 6.08 Å². The largest absolute Gasteiger partial charge is 0.756 e. The van der Waals surface area contributed by atoms with Crippen molar-refractivity contribution in [3.05, 3.63) is 134 Å². The Balaban J connectivity index is 5.58. The summed E-state index contributed by atoms with van der Waals surface area (Å²) >= 11 is 0. The lowest BCUT2D eigenvalue weighted by Crippen LogP contribution is -2.47. The Bertz CT molecular complexity index is 1690. The minimum atomic E-state index is -4.73. The number of amides is 1. The summed E-state index contributed by atoms with van der Waals surface area (Å²) in [4.78, 5) is 39.8. The van der Waals surface area contributed by atoms with Crippen molar-refractivity contribution in [1.82, 2.24) is 5.32 Å². The van der Waals surface area contributed by atoms with E-state index in [0.29, 0.717) is 36.7 Å². The first-order valence-electron chi connectivity index (χ1n) is 28.0. The summed E-state index contributed by atoms with van der Waals surface area (Å²) in [5.74, 6) is -0.691. The zero-order valence-electron chi connectivity index (χ0n) is 46.3. The number of nitrogens with zero attached hydrogens (tertiary/aromatic N) is 1. The highest BCUT2D eigenvalue weighted by atomic mass is 31.2. The molecule has 0 aliphatic rings. The highest BCUT2D eigenvalue weighted by Crippen LogP contribution is 2.38. The van der Waals surface area contributed by atoms with Crippen molar-refractivity contribution in [3.8, 4) is 0 Å². The average Bonchev–Trinajstić information content (AvgIpc) is 3.34. The van der Waals surface area contributed by atoms with Crippen molar-refractivity contribution in [2.24, 2.45) is 0 Å². The lowest BCUT2D eigenvalue weighted by Gasteiger charge is -2.30. The van der Waals surface area contributed by atoms with Crippen molar-refractivity contribution < 1.29 is 37.3 Å². The molecule has 0 aromatic heterocycles. The summed E-state index contributed by atoms with van der Waals surface area (Å²) in [5.41, 5.74) is 0. The number of quaternary nitrogens is 1. The minimum Gasteiger partial charge on any atom is -0.756 e. The highest BCUT2D eigenvalue weighted by molar-refractivity contribution is 7.45. The Morgan fingerprint density at radius 2 is 0.889 bits per heavy atom. The van der Waals surface area contributed by atoms with Gasteiger partial charge in [-0.05, 0) is 109 Å². The van der Waals surface area contributed by atoms with Crippen LogP contribution in [-0.2, 0) is 27.9 Å². The van der Waals surface area contributed by atoms with Crippen LogP contribution in [0, 0.1) is 0 Å². The number of nitrogens with one attached hydrogen (secondary N) is 1. The van der Waals surface area contributed by atoms with Gasteiger partial charge in [-0.15, -0.1) is 0 Å². The number of carbonyl (C=O) groups excluding carboxylic acids is 2. The first-order chi connectivity index (χ1) is 34.9. The third-order valence-electron chi connectivity index (χ3n) is 11.3. The number of phosphoric acid groups is 1. The minimum absolute atomic E-state index is 0.0494. The van der Waals surface area contributed by atoms with E-state index in [4.69, 9.17) is 13.8 Å². The van der Waals surface area contributed by atoms with Gasteiger partial charge in [0.25, 0.3) is 7.82 Å². The normalized spacial score (nSPS) is 14.8. The van der Waals surface area contributed by atoms with Crippen LogP contribution in [0.5, 0.6) is 0 Å². The van der Waals surface area contributed by atoms with E-state index >= 15 is 0 Å². The first kappa shape index (κ1) is 68.2. The topological polar surface area (TPSA) is 114 Å². The van der Waals surface area contributed by atoms with Gasteiger partial charge in [0.2, 0.25) is 5.91 Å². The predicted molar refractivity (Wildman–Crippen MR) is 306 cm³/mol. The van der Waals surface area contributed by atoms with Gasteiger partial charge in [0, 0.05) is 12.8 Å². The molecule has 0 aliphatic carbocycles. The molecule has 3 atom stereocenters. The number of rotatable bonds is 48. The third-order valence-corrected chi connectivity index (χ3v) is 12.3. The van der Waals surface area contributed by atoms with Crippen LogP contribution in [0.25, 0.3) is 0 Å². The molecule has 3 unspecified atom stereocenters. The zero-order chi connectivity index (χ0) is 52.9. The number of hydrogen-bond donors (Lipinski definition) is 1. The molecule has 0 fully saturated rings. The molecule has 10 heteroatoms. The van der Waals surface area contributed by atoms with Crippen LogP contribution in [0.4, 0.5) is 0 Å². The Morgan fingerprint density at radius 1 is 0.500 bits per heavy atom. The van der Waals surface area contributed by atoms with E-state index in [1.807, 2.05) is 27.2 Å². The van der Waals surface area contributed by atoms with Crippen molar-refractivity contribution in [2.75, 3.05) is 40.9 Å². The Labute approximate surface area is 441 Å². The van der Waals surface area contributed by atoms with Gasteiger partial charge < -0.3 is 28.5 Å². The predicted octanol–water partition coefficient (Wildman–Crippen LogP) is 16.3. The van der Waals surface area contributed by atoms with Gasteiger partial charge in [-0.1, -0.05) is 206 Å². The average molecular weight is 1020 g/mol. The first-order valence-corrected chi connectivity index (χ1v) is 29.5. The molecule has 0 saturated heterocycles. The van der Waals surface area contributed by atoms with Gasteiger partial charge >= 0.3 is 5.97 Å². The molecule has 0 aromatic carbocycles. The van der Waals surface area contributed by atoms with E-state index in [0.717, 1.165) is 83.5 Å². The maximum absolute atomic E-state index is 13.5. The standard InChI is InChI=1S/C62H103N2O7P/c1-7-10-13-16-19-22-25-28-30-32-34-36-39-42-45-48-51-54-61(65)63-59(58-70-72(67,68)69-57-56-64(4,5)6)60(53-50-47-44-41-38-27-24-21-18-15-12-9-3)71-62(66)55-52-49-46-43-40-37-35-33-31-29-26-23-20-17-14-11-8-2/h10-11,13-14,19-20,22-23,28-31,34-37,42-43,45-46,50,53,59-60H,7-9,12,15-18,21,24-27,32-33,38-41,44,47-49,51-52,54-58H2,1-6H3,(H-,63,65,67,68)/b13-10-,14-11-,22-19-,23-20-,30-28-,31-29-,36-34-,37-35-,45-42-,46-43-,53-50+. The van der Waals surface area contributed by atoms with Crippen LogP contribution in [0.3, 0.4) is 0 Å². The lowest BCUT2D eigenvalue weighted by atomic mass is 10.1. The molecule has 0 saturated carbocycles. The quantitative estimate of drug-likeness (QED) is 0.0212. The highest BCUT2D eigenvalue weighted by Gasteiger charge is 2.27. The molecule has 0 rings (SSSR count). The van der Waals surface area contributed by atoms with E-state index in [1.165, 1.54) is 51.4 Å². The second-order valence-electron chi connectivity index (χ2n) is 19.3. The van der Waals surface area contributed by atoms with Crippen LogP contribution < -0.4 is 10.2 Å². The number of phosphoric ester groups is 1. The second kappa shape index (κ2) is 50.7. The van der Waals surface area contributed by atoms with Gasteiger partial charge in [-0.2, -0.15) is 0 Å². The molecular formula is C62H103N2O7P. The molecule has 0 radical (unpaired) electrons. The molecule has 408 valence electrons. The van der Waals surface area contributed by atoms with Crippen molar-refractivity contribution in [1.29, 1.82) is 0 Å². The molecular weight excluding hydrogens is 916 g/mol. The fourth-order valence-electron chi connectivity index (χ4n) is 7.06. The van der Waals surface area contributed by atoms with E-state index in [-0.39, 0.29) is 25.4 Å². The summed E-state index contributed by atoms with van der Waals surface area (Å²) in [5, 5.41) is 2.96. The monoisotopic (exact) mass is 1020 g/mol. The SMILES string of the molecule is CC/C=C\C/C=C\C/C=C\C/C=C\C/C=C\CCCC(=O)NC(COP(=O)([O-])OCC[N+](C)(C)C)C(/C=C/CCCCCCCCCCCC)OC(=O)CCC/C=C\C/C=C\C/C=C\C/C=C\C/C=C\CC. The number of carbonyl (C=O) groups is 2. The van der Waals surface area contributed by atoms with Crippen LogP contribution in [0.2, 0.25) is 0 Å². The van der Waals surface area contributed by atoms with E-state index in [2.05, 4.69) is 148 Å². The molecule has 1 N–H and O–H groups in total. The molecule has 0 bridgehead atoms. The van der Waals surface area contributed by atoms with Crippen LogP contribution in [-0.4, -0.2) is 69.4 Å². The molecule has 0 aromatic rings. The number of likely N-dealkylation sites (N-methyl/N-ethyl adjacent to an activating group) is 1. The fourth-order valence-corrected chi connectivity index (χ4v) is 7.78. The number of unbranched alkanes of at least 4 members (excludes halogenated alkanes) is 12. The van der Waals surface area contributed by atoms with Gasteiger partial charge in [0.05, 0.1) is 33.8 Å². The number of esters is 1. The summed E-state index contributed by atoms with van der Waals surface area (Å²) < 4.78 is 30.1. The summed E-state index contributed by atoms with van der Waals surface area (Å²) in [7, 11) is 1.09. The van der Waals surface area contributed by atoms with Gasteiger partial charge in [0.1, 0.15) is 19.3 Å². The van der Waals surface area contributed by atoms with Crippen molar-refractivity contribution in [2.45, 2.75) is 206 Å². The molecule has 9 nitrogen and oxygen atoms in total. The number of allylic oxidation sites excluding steroid dienone is 21. The third kappa shape index (κ3) is 51.1. The molecule has 0 aliphatic heterocycles. The second-order valence-corrected chi connectivity index (χ2v) is 20.7. The molecule has 0 heterocycles. The lowest BCUT2D eigenvalue weighted by molar-refractivity contribution is -0.870. The number of ether oxygens (including phenoxy) is 1. The van der Waals surface area contributed by atoms with E-state index in [9.17, 15) is 19.0 Å². The Hall–Kier alpha value is -3.85. The van der Waals surface area contributed by atoms with Gasteiger partial charge in [-0.25, -0.2) is 0 Å². The van der Waals surface area contributed by atoms with Crippen LogP contribution >= 0.6 is 7.82 Å². The maximum Gasteiger partial charge on any atom is 0.306 e. The number of hydrogen-bond acceptors (Lipinski definition) is 7. The van der Waals surface area contributed by atoms with Crippen LogP contribution in [0.1, 0.15) is 194 Å². The molecule has 72 heavy (non-hydrogen) atoms. The Morgan fingerprint density at radius 3 is 1.32 bits per heavy atom. The molecule has 1 amide bonds. The summed E-state index contributed by atoms with van der Waals surface area (Å²) in [6.07, 6.45) is 71.5. The molecule has 0 spiro atoms. The summed E-state index contributed by atoms with van der Waals surface area (Å²) in [6.45, 7) is 6.49. The van der Waals surface area contributed by atoms with Gasteiger partial charge in [0.15, 0.2) is 0 Å².